The quantitative estimate of drug-likeness (QED) is 0.454. The van der Waals surface area contributed by atoms with Gasteiger partial charge in [-0.05, 0) is 50.5 Å². The Hall–Kier alpha value is -2.49. The van der Waals surface area contributed by atoms with Crippen LogP contribution < -0.4 is 10.2 Å². The molecule has 9 heteroatoms. The van der Waals surface area contributed by atoms with E-state index in [4.69, 9.17) is 14.1 Å². The molecule has 0 radical (unpaired) electrons. The molecule has 3 aromatic heterocycles. The summed E-state index contributed by atoms with van der Waals surface area (Å²) in [5, 5.41) is 22.1. The van der Waals surface area contributed by atoms with Gasteiger partial charge in [0.25, 0.3) is 0 Å². The van der Waals surface area contributed by atoms with Gasteiger partial charge in [-0.1, -0.05) is 28.7 Å². The maximum Gasteiger partial charge on any atom is 0.188 e. The number of nitrogens with zero attached hydrogens (tertiary/aromatic N) is 4. The number of thiazole rings is 2. The molecular formula is C20H22N6OS2. The van der Waals surface area contributed by atoms with Crippen LogP contribution in [0.3, 0.4) is 0 Å². The molecule has 7 nitrogen and oxygen atoms in total. The first-order valence-corrected chi connectivity index (χ1v) is 11.0. The van der Waals surface area contributed by atoms with Gasteiger partial charge in [-0.15, -0.1) is 0 Å². The zero-order chi connectivity index (χ0) is 22.5. The second kappa shape index (κ2) is 7.40. The van der Waals surface area contributed by atoms with Gasteiger partial charge < -0.3 is 15.3 Å². The average molecular weight is 430 g/mol. The predicted molar refractivity (Wildman–Crippen MR) is 119 cm³/mol. The molecule has 0 saturated carbocycles. The van der Waals surface area contributed by atoms with Crippen molar-refractivity contribution < 1.29 is 9.22 Å². The topological polar surface area (TPSA) is 90.0 Å². The van der Waals surface area contributed by atoms with Crippen molar-refractivity contribution in [2.45, 2.75) is 25.7 Å². The first-order valence-electron chi connectivity index (χ1n) is 10.9. The number of nitrogens with one attached hydrogen (secondary N) is 2. The lowest BCUT2D eigenvalue weighted by atomic mass is 10.0. The van der Waals surface area contributed by atoms with Gasteiger partial charge in [0.2, 0.25) is 0 Å². The summed E-state index contributed by atoms with van der Waals surface area (Å²) in [7, 11) is 2.09. The number of hydrogen-bond acceptors (Lipinski definition) is 8. The highest BCUT2D eigenvalue weighted by atomic mass is 32.1. The Balaban J connectivity index is 1.42. The number of hydrogen-bond donors (Lipinski definition) is 3. The largest absolute Gasteiger partial charge is 0.507 e. The van der Waals surface area contributed by atoms with Gasteiger partial charge in [0.1, 0.15) is 10.8 Å². The first kappa shape index (κ1) is 15.4. The Kier molecular flexibility index (Phi) is 3.92. The summed E-state index contributed by atoms with van der Waals surface area (Å²) in [4.78, 5) is 13.4. The maximum atomic E-state index is 10.7. The maximum absolute atomic E-state index is 10.7. The number of aromatic hydroxyl groups is 1. The van der Waals surface area contributed by atoms with Crippen LogP contribution in [0.25, 0.3) is 31.4 Å². The Bertz CT molecular complexity index is 1230. The summed E-state index contributed by atoms with van der Waals surface area (Å²) in [6.45, 7) is -0.261. The molecule has 1 aromatic carbocycles. The molecule has 4 heterocycles. The van der Waals surface area contributed by atoms with E-state index in [1.165, 1.54) is 17.5 Å². The molecule has 29 heavy (non-hydrogen) atoms. The fourth-order valence-electron chi connectivity index (χ4n) is 3.63. The normalized spacial score (nSPS) is 17.2. The lowest BCUT2D eigenvalue weighted by Gasteiger charge is -2.31. The third kappa shape index (κ3) is 3.39. The minimum Gasteiger partial charge on any atom is -0.507 e. The zero-order valence-electron chi connectivity index (χ0n) is 18.8. The summed E-state index contributed by atoms with van der Waals surface area (Å²) in [5.74, 6) is 0.0358. The molecular weight excluding hydrogens is 404 g/mol. The van der Waals surface area contributed by atoms with Gasteiger partial charge in [0.05, 0.1) is 11.8 Å². The van der Waals surface area contributed by atoms with Crippen LogP contribution >= 0.6 is 22.7 Å². The van der Waals surface area contributed by atoms with Crippen molar-refractivity contribution in [1.82, 2.24) is 25.5 Å². The van der Waals surface area contributed by atoms with Crippen LogP contribution in [0.15, 0.2) is 24.4 Å². The van der Waals surface area contributed by atoms with E-state index in [1.54, 1.807) is 29.5 Å². The number of rotatable bonds is 4. The number of aryl methyl sites for hydroxylation is 1. The second-order valence-electron chi connectivity index (χ2n) is 7.11. The van der Waals surface area contributed by atoms with Crippen LogP contribution in [0.5, 0.6) is 5.75 Å². The van der Waals surface area contributed by atoms with Crippen LogP contribution in [0.2, 0.25) is 0 Å². The number of anilines is 1. The third-order valence-corrected chi connectivity index (χ3v) is 7.45. The first-order chi connectivity index (χ1) is 15.3. The van der Waals surface area contributed by atoms with E-state index >= 15 is 0 Å². The van der Waals surface area contributed by atoms with Crippen molar-refractivity contribution in [1.29, 1.82) is 0 Å². The van der Waals surface area contributed by atoms with E-state index in [-0.39, 0.29) is 11.4 Å². The van der Waals surface area contributed by atoms with Gasteiger partial charge in [-0.25, -0.2) is 9.97 Å². The van der Waals surface area contributed by atoms with Crippen molar-refractivity contribution in [2.24, 2.45) is 0 Å². The Morgan fingerprint density at radius 1 is 1.17 bits per heavy atom. The Morgan fingerprint density at radius 2 is 2.00 bits per heavy atom. The van der Waals surface area contributed by atoms with Crippen molar-refractivity contribution in [3.05, 3.63) is 30.1 Å². The zero-order valence-corrected chi connectivity index (χ0v) is 17.4. The van der Waals surface area contributed by atoms with Crippen LogP contribution in [0.1, 0.15) is 22.6 Å². The molecule has 1 aliphatic rings. The molecule has 5 rings (SSSR count). The lowest BCUT2D eigenvalue weighted by Crippen LogP contribution is -2.41. The molecule has 0 bridgehead atoms. The summed E-state index contributed by atoms with van der Waals surface area (Å²) in [5.41, 5.74) is 1.66. The molecule has 0 aliphatic carbocycles. The lowest BCUT2D eigenvalue weighted by molar-refractivity contribution is 0.443. The number of fused-ring (bicyclic) bond motifs is 1. The molecule has 1 aliphatic heterocycles. The van der Waals surface area contributed by atoms with Gasteiger partial charge >= 0.3 is 0 Å². The van der Waals surface area contributed by atoms with Crippen molar-refractivity contribution in [2.75, 3.05) is 25.0 Å². The summed E-state index contributed by atoms with van der Waals surface area (Å²) in [6, 6.07) is 5.56. The summed E-state index contributed by atoms with van der Waals surface area (Å²) < 4.78 is 22.9. The van der Waals surface area contributed by atoms with Gasteiger partial charge in [-0.2, -0.15) is 5.10 Å². The number of benzene rings is 1. The molecule has 3 N–H and O–H groups in total. The highest BCUT2D eigenvalue weighted by Crippen LogP contribution is 2.40. The SMILES string of the molecule is [2H]C([2H])([2H])c1[nH]ncc1-c1ccc(-c2nc3sc(N(C)C4CCNCC4)nc3s2)c(O)c1. The summed E-state index contributed by atoms with van der Waals surface area (Å²) >= 11 is 3.00. The van der Waals surface area contributed by atoms with E-state index in [2.05, 4.69) is 27.5 Å². The molecule has 0 unspecified atom stereocenters. The summed E-state index contributed by atoms with van der Waals surface area (Å²) in [6.07, 6.45) is 3.66. The van der Waals surface area contributed by atoms with E-state index in [1.807, 2.05) is 0 Å². The fraction of sp³-hybridized carbons (Fsp3) is 0.350. The number of piperidine rings is 1. The minimum atomic E-state index is -2.32. The molecule has 0 amide bonds. The molecule has 4 aromatic rings. The number of phenolic OH excluding ortho intramolecular Hbond substituents is 1. The van der Waals surface area contributed by atoms with E-state index < -0.39 is 6.85 Å². The van der Waals surface area contributed by atoms with Crippen molar-refractivity contribution >= 4 is 37.5 Å². The third-order valence-electron chi connectivity index (χ3n) is 5.30. The molecule has 0 atom stereocenters. The number of aromatic nitrogens is 4. The Labute approximate surface area is 180 Å². The van der Waals surface area contributed by atoms with Crippen LogP contribution in [0.4, 0.5) is 5.13 Å². The highest BCUT2D eigenvalue weighted by Gasteiger charge is 2.22. The smallest absolute Gasteiger partial charge is 0.188 e. The predicted octanol–water partition coefficient (Wildman–Crippen LogP) is 4.01. The van der Waals surface area contributed by atoms with Crippen molar-refractivity contribution in [3.8, 4) is 27.4 Å². The van der Waals surface area contributed by atoms with Gasteiger partial charge in [-0.3, -0.25) is 5.10 Å². The monoisotopic (exact) mass is 429 g/mol. The number of phenols is 1. The minimum absolute atomic E-state index is 0.0358. The number of aromatic amines is 1. The second-order valence-corrected chi connectivity index (χ2v) is 9.04. The van der Waals surface area contributed by atoms with Crippen LogP contribution in [0, 0.1) is 6.85 Å². The molecule has 150 valence electrons. The fourth-order valence-corrected chi connectivity index (χ4v) is 5.74. The van der Waals surface area contributed by atoms with E-state index in [0.29, 0.717) is 27.7 Å². The molecule has 1 saturated heterocycles. The Morgan fingerprint density at radius 3 is 2.76 bits per heavy atom. The van der Waals surface area contributed by atoms with Gasteiger partial charge in [0, 0.05) is 28.5 Å². The van der Waals surface area contributed by atoms with E-state index in [9.17, 15) is 5.11 Å². The molecule has 1 fully saturated rings. The highest BCUT2D eigenvalue weighted by molar-refractivity contribution is 7.29. The van der Waals surface area contributed by atoms with E-state index in [0.717, 1.165) is 40.7 Å². The average Bonchev–Trinajstić information content (AvgIpc) is 3.48. The molecule has 0 spiro atoms. The number of H-pyrrole nitrogens is 1. The van der Waals surface area contributed by atoms with Gasteiger partial charge in [0.15, 0.2) is 14.8 Å². The standard InChI is InChI=1S/C20H22N6OS2/c1-11-15(10-22-25-11)12-3-4-14(16(27)9-12)17-23-18-19(28-17)24-20(29-18)26(2)13-5-7-21-8-6-13/h3-4,9-10,13,21,27H,5-8H2,1-2H3,(H,22,25)/i1D3. The van der Waals surface area contributed by atoms with Crippen molar-refractivity contribution in [3.63, 3.8) is 0 Å². The van der Waals surface area contributed by atoms with Crippen LogP contribution in [-0.2, 0) is 0 Å². The van der Waals surface area contributed by atoms with Crippen LogP contribution in [-0.4, -0.2) is 51.5 Å².